The molecule has 0 aromatic heterocycles. The molecule has 0 N–H and O–H groups in total. The molecule has 0 aliphatic carbocycles. The fraction of sp³-hybridized carbons (Fsp3) is 0.512. The van der Waals surface area contributed by atoms with Crippen molar-refractivity contribution < 1.29 is 33.3 Å². The fourth-order valence-electron chi connectivity index (χ4n) is 5.50. The van der Waals surface area contributed by atoms with Crippen LogP contribution in [0, 0.1) is 11.3 Å². The number of carbonyl (C=O) groups is 2. The molecule has 2 atom stereocenters. The zero-order chi connectivity index (χ0) is 34.2. The van der Waals surface area contributed by atoms with Crippen molar-refractivity contribution in [2.24, 2.45) is 11.3 Å². The van der Waals surface area contributed by atoms with Crippen molar-refractivity contribution in [1.29, 1.82) is 0 Å². The molecule has 1 aliphatic heterocycles. The molecule has 7 heteroatoms. The molecule has 1 heterocycles. The first-order valence-corrected chi connectivity index (χ1v) is 17.8. The summed E-state index contributed by atoms with van der Waals surface area (Å²) >= 11 is 0. The Labute approximate surface area is 287 Å². The van der Waals surface area contributed by atoms with E-state index in [-0.39, 0.29) is 11.5 Å². The van der Waals surface area contributed by atoms with Crippen molar-refractivity contribution in [3.8, 4) is 22.6 Å². The monoisotopic (exact) mass is 658 g/mol. The summed E-state index contributed by atoms with van der Waals surface area (Å²) in [4.78, 5) is 25.6. The minimum atomic E-state index is -0.503. The van der Waals surface area contributed by atoms with Gasteiger partial charge in [-0.25, -0.2) is 9.59 Å². The number of benzene rings is 3. The molecule has 1 saturated heterocycles. The lowest BCUT2D eigenvalue weighted by Crippen LogP contribution is -2.44. The Bertz CT molecular complexity index is 1400. The van der Waals surface area contributed by atoms with E-state index in [9.17, 15) is 9.59 Å². The van der Waals surface area contributed by atoms with Crippen molar-refractivity contribution in [2.45, 2.75) is 91.6 Å². The van der Waals surface area contributed by atoms with Gasteiger partial charge in [-0.2, -0.15) is 0 Å². The van der Waals surface area contributed by atoms with Crippen molar-refractivity contribution >= 4 is 11.9 Å². The van der Waals surface area contributed by atoms with Crippen LogP contribution in [0.15, 0.2) is 72.8 Å². The van der Waals surface area contributed by atoms with Gasteiger partial charge in [0.2, 0.25) is 0 Å². The second kappa shape index (κ2) is 19.4. The van der Waals surface area contributed by atoms with Crippen LogP contribution in [-0.2, 0) is 14.2 Å². The maximum atomic E-state index is 13.2. The van der Waals surface area contributed by atoms with Crippen LogP contribution in [0.1, 0.15) is 106 Å². The van der Waals surface area contributed by atoms with Crippen LogP contribution >= 0.6 is 0 Å². The molecule has 7 nitrogen and oxygen atoms in total. The Kier molecular flexibility index (Phi) is 15.0. The zero-order valence-electron chi connectivity index (χ0n) is 29.3. The summed E-state index contributed by atoms with van der Waals surface area (Å²) in [5, 5.41) is 0. The summed E-state index contributed by atoms with van der Waals surface area (Å²) < 4.78 is 29.3. The third kappa shape index (κ3) is 11.8. The molecule has 3 aromatic rings. The van der Waals surface area contributed by atoms with Crippen molar-refractivity contribution in [3.05, 3.63) is 83.9 Å². The minimum Gasteiger partial charge on any atom is -0.493 e. The Morgan fingerprint density at radius 1 is 0.833 bits per heavy atom. The Hall–Kier alpha value is -3.68. The van der Waals surface area contributed by atoms with Crippen molar-refractivity contribution in [3.63, 3.8) is 0 Å². The first-order valence-electron chi connectivity index (χ1n) is 17.8. The molecule has 3 aromatic carbocycles. The number of esters is 2. The lowest BCUT2D eigenvalue weighted by molar-refractivity contribution is -0.150. The SMILES string of the molecule is CCCCCCCC(CCCOc1cc(C(=O)Oc2ccc(C(=O)OC[C@H](C)CC)cc2)ccc1-c1ccccc1)OCC1(C)COC1. The van der Waals surface area contributed by atoms with E-state index in [4.69, 9.17) is 23.7 Å². The maximum Gasteiger partial charge on any atom is 0.343 e. The summed E-state index contributed by atoms with van der Waals surface area (Å²) in [6.07, 6.45) is 10.1. The van der Waals surface area contributed by atoms with Crippen molar-refractivity contribution in [1.82, 2.24) is 0 Å². The molecule has 0 amide bonds. The molecule has 4 rings (SSSR count). The molecule has 1 unspecified atom stereocenters. The largest absolute Gasteiger partial charge is 0.493 e. The van der Waals surface area contributed by atoms with Gasteiger partial charge in [0.25, 0.3) is 0 Å². The summed E-state index contributed by atoms with van der Waals surface area (Å²) in [5.41, 5.74) is 2.83. The number of hydrogen-bond acceptors (Lipinski definition) is 7. The van der Waals surface area contributed by atoms with Crippen LogP contribution in [0.5, 0.6) is 11.5 Å². The molecule has 48 heavy (non-hydrogen) atoms. The summed E-state index contributed by atoms with van der Waals surface area (Å²) in [5.74, 6) is 0.381. The number of hydrogen-bond donors (Lipinski definition) is 0. The van der Waals surface area contributed by atoms with Crippen LogP contribution in [0.25, 0.3) is 11.1 Å². The third-order valence-corrected chi connectivity index (χ3v) is 8.92. The normalized spacial score (nSPS) is 14.8. The van der Waals surface area contributed by atoms with Crippen LogP contribution in [0.2, 0.25) is 0 Å². The molecular formula is C41H54O7. The van der Waals surface area contributed by atoms with E-state index >= 15 is 0 Å². The van der Waals surface area contributed by atoms with E-state index in [0.717, 1.165) is 56.6 Å². The summed E-state index contributed by atoms with van der Waals surface area (Å²) in [7, 11) is 0. The molecule has 0 radical (unpaired) electrons. The average Bonchev–Trinajstić information content (AvgIpc) is 3.10. The minimum absolute atomic E-state index is 0.123. The van der Waals surface area contributed by atoms with Gasteiger partial charge in [-0.3, -0.25) is 0 Å². The molecule has 0 spiro atoms. The first kappa shape index (κ1) is 37.1. The van der Waals surface area contributed by atoms with Crippen LogP contribution < -0.4 is 9.47 Å². The number of rotatable bonds is 21. The fourth-order valence-corrected chi connectivity index (χ4v) is 5.50. The molecule has 1 fully saturated rings. The quantitative estimate of drug-likeness (QED) is 0.0640. The Morgan fingerprint density at radius 3 is 2.23 bits per heavy atom. The van der Waals surface area contributed by atoms with E-state index < -0.39 is 11.9 Å². The standard InChI is InChI=1S/C41H54O7/c1-5-7-8-9-13-17-35(47-30-41(4)28-44-29-41)18-14-25-45-38-26-34(21-24-37(38)32-15-11-10-12-16-32)40(43)48-36-22-19-33(20-23-36)39(42)46-27-31(3)6-2/h10-12,15-16,19-24,26,31,35H,5-9,13-14,17-18,25,27-30H2,1-4H3/t31-,35?/m1/s1. The van der Waals surface area contributed by atoms with E-state index in [2.05, 4.69) is 20.8 Å². The van der Waals surface area contributed by atoms with Gasteiger partial charge in [0.05, 0.1) is 50.3 Å². The van der Waals surface area contributed by atoms with Gasteiger partial charge in [-0.05, 0) is 73.2 Å². The second-order valence-corrected chi connectivity index (χ2v) is 13.5. The third-order valence-electron chi connectivity index (χ3n) is 8.92. The first-order chi connectivity index (χ1) is 23.3. The number of ether oxygens (including phenoxy) is 5. The average molecular weight is 659 g/mol. The smallest absolute Gasteiger partial charge is 0.343 e. The highest BCUT2D eigenvalue weighted by atomic mass is 16.5. The number of unbranched alkanes of at least 4 members (excludes halogenated alkanes) is 4. The lowest BCUT2D eigenvalue weighted by Gasteiger charge is -2.38. The molecule has 0 saturated carbocycles. The molecule has 260 valence electrons. The van der Waals surface area contributed by atoms with Crippen LogP contribution in [0.4, 0.5) is 0 Å². The van der Waals surface area contributed by atoms with Gasteiger partial charge in [-0.1, -0.05) is 96.6 Å². The van der Waals surface area contributed by atoms with Gasteiger partial charge in [0.1, 0.15) is 11.5 Å². The van der Waals surface area contributed by atoms with Crippen LogP contribution in [0.3, 0.4) is 0 Å². The maximum absolute atomic E-state index is 13.2. The van der Waals surface area contributed by atoms with Gasteiger partial charge < -0.3 is 23.7 Å². The highest BCUT2D eigenvalue weighted by Gasteiger charge is 2.34. The molecule has 1 aliphatic rings. The molecular weight excluding hydrogens is 604 g/mol. The highest BCUT2D eigenvalue weighted by molar-refractivity contribution is 5.93. The predicted octanol–water partition coefficient (Wildman–Crippen LogP) is 9.72. The van der Waals surface area contributed by atoms with Gasteiger partial charge >= 0.3 is 11.9 Å². The zero-order valence-corrected chi connectivity index (χ0v) is 29.3. The van der Waals surface area contributed by atoms with Gasteiger partial charge in [0, 0.05) is 11.0 Å². The Morgan fingerprint density at radius 2 is 1.54 bits per heavy atom. The lowest BCUT2D eigenvalue weighted by atomic mass is 9.90. The van der Waals surface area contributed by atoms with E-state index in [1.165, 1.54) is 32.1 Å². The van der Waals surface area contributed by atoms with E-state index in [1.54, 1.807) is 36.4 Å². The Balaban J connectivity index is 1.37. The number of carbonyl (C=O) groups excluding carboxylic acids is 2. The summed E-state index contributed by atoms with van der Waals surface area (Å²) in [6.45, 7) is 11.7. The topological polar surface area (TPSA) is 80.3 Å². The molecule has 0 bridgehead atoms. The van der Waals surface area contributed by atoms with Gasteiger partial charge in [-0.15, -0.1) is 0 Å². The summed E-state index contributed by atoms with van der Waals surface area (Å²) in [6, 6.07) is 21.9. The van der Waals surface area contributed by atoms with E-state index in [1.807, 2.05) is 43.3 Å². The van der Waals surface area contributed by atoms with E-state index in [0.29, 0.717) is 41.8 Å². The van der Waals surface area contributed by atoms with Crippen molar-refractivity contribution in [2.75, 3.05) is 33.0 Å². The van der Waals surface area contributed by atoms with Crippen LogP contribution in [-0.4, -0.2) is 51.1 Å². The predicted molar refractivity (Wildman–Crippen MR) is 190 cm³/mol. The van der Waals surface area contributed by atoms with Gasteiger partial charge in [0.15, 0.2) is 0 Å². The second-order valence-electron chi connectivity index (χ2n) is 13.5. The highest BCUT2D eigenvalue weighted by Crippen LogP contribution is 2.32.